The van der Waals surface area contributed by atoms with Crippen LogP contribution in [0.5, 0.6) is 0 Å². The van der Waals surface area contributed by atoms with Crippen molar-refractivity contribution in [3.63, 3.8) is 0 Å². The second-order valence-electron chi connectivity index (χ2n) is 5.13. The van der Waals surface area contributed by atoms with Gasteiger partial charge < -0.3 is 4.90 Å². The minimum Gasteiger partial charge on any atom is -0.333 e. The number of hydrogen-bond acceptors (Lipinski definition) is 4. The average Bonchev–Trinajstić information content (AvgIpc) is 2.93. The van der Waals surface area contributed by atoms with Crippen molar-refractivity contribution in [2.45, 2.75) is 39.8 Å². The van der Waals surface area contributed by atoms with Crippen molar-refractivity contribution in [1.29, 1.82) is 0 Å². The molecule has 1 amide bonds. The first-order valence-corrected chi connectivity index (χ1v) is 8.76. The van der Waals surface area contributed by atoms with Gasteiger partial charge >= 0.3 is 0 Å². The summed E-state index contributed by atoms with van der Waals surface area (Å²) in [5.74, 6) is 0.0640. The molecule has 2 rings (SSSR count). The van der Waals surface area contributed by atoms with Crippen LogP contribution < -0.4 is 0 Å². The van der Waals surface area contributed by atoms with Crippen LogP contribution in [-0.4, -0.2) is 53.1 Å². The van der Waals surface area contributed by atoms with Crippen molar-refractivity contribution in [3.05, 3.63) is 17.5 Å². The number of aryl methyl sites for hydroxylation is 2. The summed E-state index contributed by atoms with van der Waals surface area (Å²) in [4.78, 5) is 14.1. The van der Waals surface area contributed by atoms with E-state index in [4.69, 9.17) is 0 Å². The van der Waals surface area contributed by atoms with Crippen LogP contribution in [0.1, 0.15) is 36.5 Å². The maximum atomic E-state index is 12.5. The zero-order valence-electron chi connectivity index (χ0n) is 12.2. The van der Waals surface area contributed by atoms with Crippen molar-refractivity contribution in [1.82, 2.24) is 14.7 Å². The molecule has 20 heavy (non-hydrogen) atoms. The molecule has 1 aromatic heterocycles. The third kappa shape index (κ3) is 2.87. The van der Waals surface area contributed by atoms with E-state index in [1.54, 1.807) is 15.6 Å². The summed E-state index contributed by atoms with van der Waals surface area (Å²) in [6.07, 6.45) is 0.523. The monoisotopic (exact) mass is 299 g/mol. The minimum atomic E-state index is -2.99. The van der Waals surface area contributed by atoms with Crippen LogP contribution in [0, 0.1) is 6.92 Å². The smallest absolute Gasteiger partial charge is 0.274 e. The quantitative estimate of drug-likeness (QED) is 0.826. The van der Waals surface area contributed by atoms with E-state index in [2.05, 4.69) is 5.10 Å². The summed E-state index contributed by atoms with van der Waals surface area (Å²) in [5, 5.41) is 4.28. The van der Waals surface area contributed by atoms with Gasteiger partial charge in [-0.25, -0.2) is 8.42 Å². The number of sulfone groups is 1. The van der Waals surface area contributed by atoms with Gasteiger partial charge in [0.2, 0.25) is 0 Å². The molecule has 112 valence electrons. The largest absolute Gasteiger partial charge is 0.333 e. The topological polar surface area (TPSA) is 72.3 Å². The van der Waals surface area contributed by atoms with Gasteiger partial charge in [-0.1, -0.05) is 0 Å². The van der Waals surface area contributed by atoms with E-state index < -0.39 is 9.84 Å². The fourth-order valence-corrected chi connectivity index (χ4v) is 4.40. The maximum Gasteiger partial charge on any atom is 0.274 e. The number of carbonyl (C=O) groups is 1. The SMILES string of the molecule is CCN(C(=O)c1cc(C)n(CC)n1)[C@H]1CCS(=O)(=O)C1. The second-order valence-corrected chi connectivity index (χ2v) is 7.36. The number of amides is 1. The lowest BCUT2D eigenvalue weighted by Gasteiger charge is -2.25. The molecule has 0 bridgehead atoms. The van der Waals surface area contributed by atoms with Crippen molar-refractivity contribution in [2.75, 3.05) is 18.1 Å². The van der Waals surface area contributed by atoms with Gasteiger partial charge in [-0.15, -0.1) is 0 Å². The van der Waals surface area contributed by atoms with Crippen LogP contribution in [0.4, 0.5) is 0 Å². The van der Waals surface area contributed by atoms with Gasteiger partial charge in [0.05, 0.1) is 11.5 Å². The fraction of sp³-hybridized carbons (Fsp3) is 0.692. The fourth-order valence-electron chi connectivity index (χ4n) is 2.67. The Balaban J connectivity index is 2.21. The molecule has 0 spiro atoms. The predicted octanol–water partition coefficient (Wildman–Crippen LogP) is 0.861. The van der Waals surface area contributed by atoms with E-state index in [-0.39, 0.29) is 23.5 Å². The molecule has 1 atom stereocenters. The molecule has 1 fully saturated rings. The molecule has 0 unspecified atom stereocenters. The summed E-state index contributed by atoms with van der Waals surface area (Å²) < 4.78 is 24.9. The highest BCUT2D eigenvalue weighted by Gasteiger charge is 2.34. The molecule has 6 nitrogen and oxygen atoms in total. The van der Waals surface area contributed by atoms with E-state index >= 15 is 0 Å². The highest BCUT2D eigenvalue weighted by atomic mass is 32.2. The van der Waals surface area contributed by atoms with E-state index in [1.165, 1.54) is 0 Å². The van der Waals surface area contributed by atoms with Crippen molar-refractivity contribution < 1.29 is 13.2 Å². The lowest BCUT2D eigenvalue weighted by atomic mass is 10.2. The van der Waals surface area contributed by atoms with E-state index in [1.807, 2.05) is 20.8 Å². The molecule has 7 heteroatoms. The molecule has 0 saturated carbocycles. The van der Waals surface area contributed by atoms with Crippen LogP contribution in [0.2, 0.25) is 0 Å². The number of aromatic nitrogens is 2. The van der Waals surface area contributed by atoms with Crippen LogP contribution in [-0.2, 0) is 16.4 Å². The van der Waals surface area contributed by atoms with Crippen LogP contribution in [0.15, 0.2) is 6.07 Å². The Kier molecular flexibility index (Phi) is 4.17. The first-order chi connectivity index (χ1) is 9.38. The molecule has 1 saturated heterocycles. The average molecular weight is 299 g/mol. The zero-order valence-corrected chi connectivity index (χ0v) is 13.0. The molecule has 2 heterocycles. The van der Waals surface area contributed by atoms with E-state index in [0.29, 0.717) is 25.2 Å². The highest BCUT2D eigenvalue weighted by molar-refractivity contribution is 7.91. The van der Waals surface area contributed by atoms with Gasteiger partial charge in [0.15, 0.2) is 15.5 Å². The zero-order chi connectivity index (χ0) is 14.9. The van der Waals surface area contributed by atoms with Crippen LogP contribution >= 0.6 is 0 Å². The molecule has 1 aliphatic rings. The summed E-state index contributed by atoms with van der Waals surface area (Å²) in [6.45, 7) is 6.95. The van der Waals surface area contributed by atoms with Crippen LogP contribution in [0.3, 0.4) is 0 Å². The van der Waals surface area contributed by atoms with E-state index in [9.17, 15) is 13.2 Å². The Bertz CT molecular complexity index is 606. The van der Waals surface area contributed by atoms with Gasteiger partial charge in [-0.05, 0) is 33.3 Å². The van der Waals surface area contributed by atoms with Gasteiger partial charge in [-0.2, -0.15) is 5.10 Å². The number of hydrogen-bond donors (Lipinski definition) is 0. The summed E-state index contributed by atoms with van der Waals surface area (Å²) in [7, 11) is -2.99. The highest BCUT2D eigenvalue weighted by Crippen LogP contribution is 2.19. The third-order valence-electron chi connectivity index (χ3n) is 3.75. The molecule has 0 aromatic carbocycles. The Morgan fingerprint density at radius 1 is 1.50 bits per heavy atom. The van der Waals surface area contributed by atoms with Gasteiger partial charge in [0, 0.05) is 24.8 Å². The van der Waals surface area contributed by atoms with Gasteiger partial charge in [0.25, 0.3) is 5.91 Å². The Morgan fingerprint density at radius 3 is 2.65 bits per heavy atom. The van der Waals surface area contributed by atoms with Crippen molar-refractivity contribution >= 4 is 15.7 Å². The number of carbonyl (C=O) groups excluding carboxylic acids is 1. The molecular formula is C13H21N3O3S. The van der Waals surface area contributed by atoms with E-state index in [0.717, 1.165) is 5.69 Å². The molecule has 1 aliphatic heterocycles. The first kappa shape index (κ1) is 15.0. The Hall–Kier alpha value is -1.37. The molecule has 1 aromatic rings. The predicted molar refractivity (Wildman–Crippen MR) is 76.4 cm³/mol. The molecule has 0 aliphatic carbocycles. The minimum absolute atomic E-state index is 0.0695. The number of rotatable bonds is 4. The molecular weight excluding hydrogens is 278 g/mol. The van der Waals surface area contributed by atoms with Crippen LogP contribution in [0.25, 0.3) is 0 Å². The summed E-state index contributed by atoms with van der Waals surface area (Å²) in [5.41, 5.74) is 1.33. The Morgan fingerprint density at radius 2 is 2.20 bits per heavy atom. The number of nitrogens with zero attached hydrogens (tertiary/aromatic N) is 3. The van der Waals surface area contributed by atoms with Crippen molar-refractivity contribution in [3.8, 4) is 0 Å². The summed E-state index contributed by atoms with van der Waals surface area (Å²) >= 11 is 0. The Labute approximate surface area is 119 Å². The normalized spacial score (nSPS) is 21.1. The standard InChI is InChI=1S/C13H21N3O3S/c1-4-15(11-6-7-20(18,19)9-11)13(17)12-8-10(3)16(5-2)14-12/h8,11H,4-7,9H2,1-3H3/t11-/m0/s1. The third-order valence-corrected chi connectivity index (χ3v) is 5.50. The lowest BCUT2D eigenvalue weighted by Crippen LogP contribution is -2.41. The van der Waals surface area contributed by atoms with Crippen molar-refractivity contribution in [2.24, 2.45) is 0 Å². The second kappa shape index (κ2) is 5.55. The van der Waals surface area contributed by atoms with Gasteiger partial charge in [-0.3, -0.25) is 9.48 Å². The molecule has 0 radical (unpaired) electrons. The first-order valence-electron chi connectivity index (χ1n) is 6.93. The maximum absolute atomic E-state index is 12.5. The lowest BCUT2D eigenvalue weighted by molar-refractivity contribution is 0.0701. The molecule has 0 N–H and O–H groups in total. The van der Waals surface area contributed by atoms with Gasteiger partial charge in [0.1, 0.15) is 0 Å². The summed E-state index contributed by atoms with van der Waals surface area (Å²) in [6, 6.07) is 1.54.